The summed E-state index contributed by atoms with van der Waals surface area (Å²) in [6.07, 6.45) is 1.80. The second-order valence-corrected chi connectivity index (χ2v) is 10.1. The lowest BCUT2D eigenvalue weighted by molar-refractivity contribution is -0.115. The number of hydrogen-bond acceptors (Lipinski definition) is 5. The van der Waals surface area contributed by atoms with Gasteiger partial charge in [-0.2, -0.15) is 0 Å². The van der Waals surface area contributed by atoms with Crippen LogP contribution in [0, 0.1) is 0 Å². The van der Waals surface area contributed by atoms with Crippen LogP contribution < -0.4 is 14.4 Å². The molecule has 0 fully saturated rings. The summed E-state index contributed by atoms with van der Waals surface area (Å²) in [5.74, 6) is 0.574. The number of sulfonamides is 1. The number of nitrogens with zero attached hydrogens (tertiary/aromatic N) is 1. The second-order valence-electron chi connectivity index (χ2n) is 7.03. The van der Waals surface area contributed by atoms with E-state index in [1.165, 1.54) is 15.6 Å². The molecule has 0 spiro atoms. The van der Waals surface area contributed by atoms with E-state index < -0.39 is 10.0 Å². The number of amides is 1. The number of ether oxygens (including phenoxy) is 1. The third-order valence-corrected chi connectivity index (χ3v) is 8.19. The highest BCUT2D eigenvalue weighted by molar-refractivity contribution is 7.94. The van der Waals surface area contributed by atoms with Gasteiger partial charge in [0.15, 0.2) is 0 Å². The first-order valence-corrected chi connectivity index (χ1v) is 11.9. The predicted molar refractivity (Wildman–Crippen MR) is 119 cm³/mol. The van der Waals surface area contributed by atoms with Crippen molar-refractivity contribution in [3.05, 3.63) is 71.1 Å². The lowest BCUT2D eigenvalue weighted by atomic mass is 10.0. The van der Waals surface area contributed by atoms with Crippen LogP contribution >= 0.6 is 11.3 Å². The van der Waals surface area contributed by atoms with E-state index in [-0.39, 0.29) is 12.3 Å². The Morgan fingerprint density at radius 1 is 1.17 bits per heavy atom. The van der Waals surface area contributed by atoms with E-state index in [2.05, 4.69) is 5.32 Å². The molecule has 1 amide bonds. The molecule has 8 heteroatoms. The monoisotopic (exact) mass is 442 g/mol. The van der Waals surface area contributed by atoms with Crippen molar-refractivity contribution in [3.8, 4) is 5.75 Å². The molecular weight excluding hydrogens is 420 g/mol. The van der Waals surface area contributed by atoms with Crippen molar-refractivity contribution < 1.29 is 17.9 Å². The molecule has 6 nitrogen and oxygen atoms in total. The number of carbonyl (C=O) groups is 1. The summed E-state index contributed by atoms with van der Waals surface area (Å²) in [6.45, 7) is 0.427. The van der Waals surface area contributed by atoms with Crippen molar-refractivity contribution in [1.82, 2.24) is 0 Å². The molecule has 3 aromatic rings. The molecule has 30 heavy (non-hydrogen) atoms. The number of aryl methyl sites for hydroxylation is 1. The minimum absolute atomic E-state index is 0.163. The number of methoxy groups -OCH3 is 1. The van der Waals surface area contributed by atoms with E-state index in [9.17, 15) is 13.2 Å². The Morgan fingerprint density at radius 3 is 2.67 bits per heavy atom. The van der Waals surface area contributed by atoms with Gasteiger partial charge in [0.1, 0.15) is 9.96 Å². The van der Waals surface area contributed by atoms with Crippen LogP contribution in [0.1, 0.15) is 17.5 Å². The van der Waals surface area contributed by atoms with Gasteiger partial charge in [0.2, 0.25) is 5.91 Å². The van der Waals surface area contributed by atoms with Gasteiger partial charge in [-0.15, -0.1) is 11.3 Å². The maximum absolute atomic E-state index is 13.1. The Balaban J connectivity index is 1.54. The molecule has 0 unspecified atom stereocenters. The van der Waals surface area contributed by atoms with E-state index >= 15 is 0 Å². The zero-order valence-electron chi connectivity index (χ0n) is 16.5. The van der Waals surface area contributed by atoms with Crippen molar-refractivity contribution in [2.24, 2.45) is 0 Å². The van der Waals surface area contributed by atoms with Crippen LogP contribution in [0.15, 0.2) is 64.2 Å². The highest BCUT2D eigenvalue weighted by atomic mass is 32.2. The molecule has 2 aromatic carbocycles. The minimum Gasteiger partial charge on any atom is -0.497 e. The first-order valence-electron chi connectivity index (χ1n) is 9.59. The minimum atomic E-state index is -3.61. The van der Waals surface area contributed by atoms with E-state index in [1.54, 1.807) is 30.7 Å². The average Bonchev–Trinajstić information content (AvgIpc) is 3.29. The molecule has 1 N–H and O–H groups in total. The number of benzene rings is 2. The number of fused-ring (bicyclic) bond motifs is 1. The standard InChI is InChI=1S/C22H22N2O4S2/c1-28-19-10-6-16(7-11-19)14-21(25)23-18-9-8-17-4-2-12-24(20(17)15-18)30(26,27)22-5-3-13-29-22/h3,5-11,13,15H,2,4,12,14H2,1H3,(H,23,25). The fourth-order valence-corrected chi connectivity index (χ4v) is 6.16. The third kappa shape index (κ3) is 4.20. The molecule has 156 valence electrons. The van der Waals surface area contributed by atoms with Crippen molar-refractivity contribution in [3.63, 3.8) is 0 Å². The molecule has 0 saturated carbocycles. The normalized spacial score (nSPS) is 13.6. The second kappa shape index (κ2) is 8.49. The molecule has 1 aromatic heterocycles. The topological polar surface area (TPSA) is 75.7 Å². The fourth-order valence-electron chi connectivity index (χ4n) is 3.52. The van der Waals surface area contributed by atoms with Gasteiger partial charge in [-0.1, -0.05) is 24.3 Å². The number of carbonyl (C=O) groups excluding carboxylic acids is 1. The number of thiophene rings is 1. The molecule has 2 heterocycles. The largest absolute Gasteiger partial charge is 0.497 e. The first kappa shape index (κ1) is 20.4. The smallest absolute Gasteiger partial charge is 0.273 e. The van der Waals surface area contributed by atoms with Crippen molar-refractivity contribution >= 4 is 38.6 Å². The Morgan fingerprint density at radius 2 is 1.97 bits per heavy atom. The Bertz CT molecular complexity index is 1140. The van der Waals surface area contributed by atoms with E-state index in [1.807, 2.05) is 36.4 Å². The lowest BCUT2D eigenvalue weighted by Gasteiger charge is -2.30. The first-order chi connectivity index (χ1) is 14.5. The zero-order chi connectivity index (χ0) is 21.1. The molecule has 0 radical (unpaired) electrons. The maximum Gasteiger partial charge on any atom is 0.273 e. The van der Waals surface area contributed by atoms with Gasteiger partial charge in [-0.25, -0.2) is 8.42 Å². The van der Waals surface area contributed by atoms with Gasteiger partial charge in [0, 0.05) is 12.2 Å². The van der Waals surface area contributed by atoms with Gasteiger partial charge in [-0.05, 0) is 59.7 Å². The van der Waals surface area contributed by atoms with Crippen LogP contribution in [-0.4, -0.2) is 28.0 Å². The summed E-state index contributed by atoms with van der Waals surface area (Å²) in [7, 11) is -2.01. The summed E-state index contributed by atoms with van der Waals surface area (Å²) in [6, 6.07) is 16.2. The van der Waals surface area contributed by atoms with Gasteiger partial charge >= 0.3 is 0 Å². The van der Waals surface area contributed by atoms with Gasteiger partial charge in [0.05, 0.1) is 19.2 Å². The summed E-state index contributed by atoms with van der Waals surface area (Å²) in [5.41, 5.74) is 3.06. The quantitative estimate of drug-likeness (QED) is 0.624. The van der Waals surface area contributed by atoms with Crippen LogP contribution in [0.25, 0.3) is 0 Å². The van der Waals surface area contributed by atoms with Crippen molar-refractivity contribution in [1.29, 1.82) is 0 Å². The highest BCUT2D eigenvalue weighted by Gasteiger charge is 2.30. The number of hydrogen-bond donors (Lipinski definition) is 1. The third-order valence-electron chi connectivity index (χ3n) is 5.01. The van der Waals surface area contributed by atoms with Crippen LogP contribution in [-0.2, 0) is 27.7 Å². The highest BCUT2D eigenvalue weighted by Crippen LogP contribution is 2.35. The molecule has 1 aliphatic heterocycles. The summed E-state index contributed by atoms with van der Waals surface area (Å²) < 4.78 is 33.1. The summed E-state index contributed by atoms with van der Waals surface area (Å²) in [4.78, 5) is 12.5. The number of rotatable bonds is 6. The van der Waals surface area contributed by atoms with Gasteiger partial charge in [0.25, 0.3) is 10.0 Å². The predicted octanol–water partition coefficient (Wildman–Crippen LogP) is 4.08. The molecule has 4 rings (SSSR count). The molecule has 1 aliphatic rings. The Hall–Kier alpha value is -2.84. The van der Waals surface area contributed by atoms with Crippen molar-refractivity contribution in [2.45, 2.75) is 23.5 Å². The Labute approximate surface area is 180 Å². The summed E-state index contributed by atoms with van der Waals surface area (Å²) in [5, 5.41) is 4.64. The van der Waals surface area contributed by atoms with E-state index in [4.69, 9.17) is 4.74 Å². The van der Waals surface area contributed by atoms with Gasteiger partial charge in [-0.3, -0.25) is 9.10 Å². The number of anilines is 2. The zero-order valence-corrected chi connectivity index (χ0v) is 18.1. The van der Waals surface area contributed by atoms with E-state index in [0.717, 1.165) is 29.7 Å². The van der Waals surface area contributed by atoms with E-state index in [0.29, 0.717) is 22.1 Å². The molecule has 0 saturated heterocycles. The maximum atomic E-state index is 13.1. The van der Waals surface area contributed by atoms with Crippen LogP contribution in [0.2, 0.25) is 0 Å². The van der Waals surface area contributed by atoms with Crippen LogP contribution in [0.5, 0.6) is 5.75 Å². The molecule has 0 bridgehead atoms. The molecule has 0 atom stereocenters. The summed E-state index contributed by atoms with van der Waals surface area (Å²) >= 11 is 1.21. The lowest BCUT2D eigenvalue weighted by Crippen LogP contribution is -2.35. The average molecular weight is 443 g/mol. The molecular formula is C22H22N2O4S2. The number of nitrogens with one attached hydrogen (secondary N) is 1. The Kier molecular flexibility index (Phi) is 5.78. The molecule has 0 aliphatic carbocycles. The van der Waals surface area contributed by atoms with Crippen LogP contribution in [0.3, 0.4) is 0 Å². The SMILES string of the molecule is COc1ccc(CC(=O)Nc2ccc3c(c2)N(S(=O)(=O)c2cccs2)CCC3)cc1. The van der Waals surface area contributed by atoms with Crippen molar-refractivity contribution in [2.75, 3.05) is 23.3 Å². The van der Waals surface area contributed by atoms with Crippen LogP contribution in [0.4, 0.5) is 11.4 Å². The van der Waals surface area contributed by atoms with Gasteiger partial charge < -0.3 is 10.1 Å². The fraction of sp³-hybridized carbons (Fsp3) is 0.227.